The van der Waals surface area contributed by atoms with Gasteiger partial charge in [-0.25, -0.2) is 0 Å². The molecule has 90 valence electrons. The van der Waals surface area contributed by atoms with Crippen molar-refractivity contribution in [3.05, 3.63) is 23.2 Å². The number of nitrogens with two attached hydrogens (primary N) is 1. The van der Waals surface area contributed by atoms with Crippen molar-refractivity contribution in [3.8, 4) is 0 Å². The number of hydrogen-bond acceptors (Lipinski definition) is 2. The number of benzene rings is 1. The van der Waals surface area contributed by atoms with E-state index in [0.717, 1.165) is 29.5 Å². The SMILES string of the molecule is CCC(C)CN(CC)c1c(N)cccc1Cl. The summed E-state index contributed by atoms with van der Waals surface area (Å²) in [7, 11) is 0. The number of hydrogen-bond donors (Lipinski definition) is 1. The smallest absolute Gasteiger partial charge is 0.0789 e. The van der Waals surface area contributed by atoms with Crippen LogP contribution in [0.1, 0.15) is 27.2 Å². The lowest BCUT2D eigenvalue weighted by atomic mass is 10.1. The summed E-state index contributed by atoms with van der Waals surface area (Å²) in [5.41, 5.74) is 7.73. The van der Waals surface area contributed by atoms with E-state index in [1.165, 1.54) is 6.42 Å². The summed E-state index contributed by atoms with van der Waals surface area (Å²) in [6, 6.07) is 5.69. The van der Waals surface area contributed by atoms with Crippen molar-refractivity contribution in [2.24, 2.45) is 5.92 Å². The summed E-state index contributed by atoms with van der Waals surface area (Å²) in [6.07, 6.45) is 1.17. The molecule has 0 saturated heterocycles. The number of nitrogens with zero attached hydrogens (tertiary/aromatic N) is 1. The van der Waals surface area contributed by atoms with E-state index in [1.807, 2.05) is 18.2 Å². The van der Waals surface area contributed by atoms with Crippen molar-refractivity contribution in [1.29, 1.82) is 0 Å². The maximum Gasteiger partial charge on any atom is 0.0789 e. The van der Waals surface area contributed by atoms with E-state index in [1.54, 1.807) is 0 Å². The fraction of sp³-hybridized carbons (Fsp3) is 0.538. The Morgan fingerprint density at radius 1 is 1.38 bits per heavy atom. The van der Waals surface area contributed by atoms with Crippen molar-refractivity contribution in [2.75, 3.05) is 23.7 Å². The molecule has 0 saturated carbocycles. The van der Waals surface area contributed by atoms with Gasteiger partial charge in [-0.1, -0.05) is 37.9 Å². The maximum absolute atomic E-state index is 6.21. The maximum atomic E-state index is 6.21. The monoisotopic (exact) mass is 240 g/mol. The molecule has 0 heterocycles. The van der Waals surface area contributed by atoms with Gasteiger partial charge < -0.3 is 10.6 Å². The lowest BCUT2D eigenvalue weighted by Crippen LogP contribution is -2.29. The van der Waals surface area contributed by atoms with E-state index in [-0.39, 0.29) is 0 Å². The van der Waals surface area contributed by atoms with E-state index >= 15 is 0 Å². The highest BCUT2D eigenvalue weighted by atomic mass is 35.5. The lowest BCUT2D eigenvalue weighted by Gasteiger charge is -2.28. The number of anilines is 2. The third-order valence-electron chi connectivity index (χ3n) is 2.94. The molecule has 3 heteroatoms. The van der Waals surface area contributed by atoms with Crippen LogP contribution in [0.3, 0.4) is 0 Å². The fourth-order valence-electron chi connectivity index (χ4n) is 1.75. The first-order valence-corrected chi connectivity index (χ1v) is 6.26. The Morgan fingerprint density at radius 2 is 2.06 bits per heavy atom. The Labute approximate surface area is 103 Å². The van der Waals surface area contributed by atoms with Crippen molar-refractivity contribution in [1.82, 2.24) is 0 Å². The van der Waals surface area contributed by atoms with Gasteiger partial charge in [0.25, 0.3) is 0 Å². The normalized spacial score (nSPS) is 12.5. The van der Waals surface area contributed by atoms with E-state index in [0.29, 0.717) is 5.92 Å². The minimum Gasteiger partial charge on any atom is -0.397 e. The van der Waals surface area contributed by atoms with Crippen LogP contribution >= 0.6 is 11.6 Å². The molecule has 16 heavy (non-hydrogen) atoms. The van der Waals surface area contributed by atoms with Crippen LogP contribution < -0.4 is 10.6 Å². The lowest BCUT2D eigenvalue weighted by molar-refractivity contribution is 0.548. The van der Waals surface area contributed by atoms with E-state index in [2.05, 4.69) is 25.7 Å². The van der Waals surface area contributed by atoms with Crippen LogP contribution in [0.2, 0.25) is 5.02 Å². The van der Waals surface area contributed by atoms with Crippen molar-refractivity contribution >= 4 is 23.0 Å². The van der Waals surface area contributed by atoms with E-state index in [4.69, 9.17) is 17.3 Å². The third-order valence-corrected chi connectivity index (χ3v) is 3.25. The highest BCUT2D eigenvalue weighted by Gasteiger charge is 2.13. The minimum atomic E-state index is 0.649. The Balaban J connectivity index is 2.94. The number of para-hydroxylation sites is 1. The van der Waals surface area contributed by atoms with Gasteiger partial charge in [0, 0.05) is 13.1 Å². The highest BCUT2D eigenvalue weighted by Crippen LogP contribution is 2.32. The van der Waals surface area contributed by atoms with Gasteiger partial charge in [0.1, 0.15) is 0 Å². The number of halogens is 1. The molecule has 0 aliphatic rings. The first-order chi connectivity index (χ1) is 7.60. The number of rotatable bonds is 5. The molecule has 0 radical (unpaired) electrons. The van der Waals surface area contributed by atoms with Crippen LogP contribution in [-0.4, -0.2) is 13.1 Å². The summed E-state index contributed by atoms with van der Waals surface area (Å²) in [4.78, 5) is 2.26. The molecule has 1 unspecified atom stereocenters. The molecule has 1 atom stereocenters. The molecule has 0 bridgehead atoms. The molecule has 0 aliphatic heterocycles. The summed E-state index contributed by atoms with van der Waals surface area (Å²) in [5, 5.41) is 0.741. The second-order valence-electron chi connectivity index (χ2n) is 4.23. The topological polar surface area (TPSA) is 29.3 Å². The summed E-state index contributed by atoms with van der Waals surface area (Å²) in [6.45, 7) is 8.51. The Bertz CT molecular complexity index is 318. The molecule has 2 nitrogen and oxygen atoms in total. The van der Waals surface area contributed by atoms with Crippen LogP contribution in [0.5, 0.6) is 0 Å². The summed E-state index contributed by atoms with van der Waals surface area (Å²) >= 11 is 6.21. The minimum absolute atomic E-state index is 0.649. The Hall–Kier alpha value is -0.890. The molecule has 0 spiro atoms. The van der Waals surface area contributed by atoms with Gasteiger partial charge in [-0.3, -0.25) is 0 Å². The molecule has 0 aliphatic carbocycles. The molecule has 1 rings (SSSR count). The van der Waals surface area contributed by atoms with Crippen molar-refractivity contribution in [3.63, 3.8) is 0 Å². The van der Waals surface area contributed by atoms with Gasteiger partial charge in [0.2, 0.25) is 0 Å². The van der Waals surface area contributed by atoms with Crippen molar-refractivity contribution in [2.45, 2.75) is 27.2 Å². The highest BCUT2D eigenvalue weighted by molar-refractivity contribution is 6.34. The first-order valence-electron chi connectivity index (χ1n) is 5.89. The van der Waals surface area contributed by atoms with Gasteiger partial charge in [0.15, 0.2) is 0 Å². The molecular formula is C13H21ClN2. The molecule has 2 N–H and O–H groups in total. The van der Waals surface area contributed by atoms with Gasteiger partial charge in [-0.15, -0.1) is 0 Å². The van der Waals surface area contributed by atoms with Crippen LogP contribution in [-0.2, 0) is 0 Å². The van der Waals surface area contributed by atoms with Gasteiger partial charge in [0.05, 0.1) is 16.4 Å². The first kappa shape index (κ1) is 13.2. The second-order valence-corrected chi connectivity index (χ2v) is 4.64. The molecule has 0 amide bonds. The van der Waals surface area contributed by atoms with Crippen LogP contribution in [0.25, 0.3) is 0 Å². The van der Waals surface area contributed by atoms with Gasteiger partial charge >= 0.3 is 0 Å². The van der Waals surface area contributed by atoms with E-state index in [9.17, 15) is 0 Å². The zero-order valence-corrected chi connectivity index (χ0v) is 11.1. The van der Waals surface area contributed by atoms with Crippen molar-refractivity contribution < 1.29 is 0 Å². The standard InChI is InChI=1S/C13H21ClN2/c1-4-10(3)9-16(5-2)13-11(14)7-6-8-12(13)15/h6-8,10H,4-5,9,15H2,1-3H3. The fourth-order valence-corrected chi connectivity index (χ4v) is 2.05. The van der Waals surface area contributed by atoms with Crippen LogP contribution in [0.4, 0.5) is 11.4 Å². The zero-order chi connectivity index (χ0) is 12.1. The molecule has 1 aromatic rings. The average molecular weight is 241 g/mol. The molecule has 1 aromatic carbocycles. The summed E-state index contributed by atoms with van der Waals surface area (Å²) in [5.74, 6) is 0.649. The van der Waals surface area contributed by atoms with Gasteiger partial charge in [-0.2, -0.15) is 0 Å². The molecular weight excluding hydrogens is 220 g/mol. The van der Waals surface area contributed by atoms with Crippen LogP contribution in [0, 0.1) is 5.92 Å². The third kappa shape index (κ3) is 3.05. The van der Waals surface area contributed by atoms with Crippen LogP contribution in [0.15, 0.2) is 18.2 Å². The predicted octanol–water partition coefficient (Wildman–Crippen LogP) is 3.79. The largest absolute Gasteiger partial charge is 0.397 e. The second kappa shape index (κ2) is 6.00. The summed E-state index contributed by atoms with van der Waals surface area (Å²) < 4.78 is 0. The van der Waals surface area contributed by atoms with Gasteiger partial charge in [-0.05, 0) is 25.0 Å². The Morgan fingerprint density at radius 3 is 2.56 bits per heavy atom. The average Bonchev–Trinajstić information content (AvgIpc) is 2.27. The molecule has 0 fully saturated rings. The quantitative estimate of drug-likeness (QED) is 0.794. The van der Waals surface area contributed by atoms with E-state index < -0.39 is 0 Å². The predicted molar refractivity (Wildman–Crippen MR) is 73.2 cm³/mol. The zero-order valence-electron chi connectivity index (χ0n) is 10.3. The Kier molecular flexibility index (Phi) is 4.94. The molecule has 0 aromatic heterocycles. The number of nitrogen functional groups attached to an aromatic ring is 1.